The fourth-order valence-corrected chi connectivity index (χ4v) is 2.37. The van der Waals surface area contributed by atoms with Gasteiger partial charge in [-0.05, 0) is 40.7 Å². The number of β-amino-alcohol motifs (C(OH)–C–C–N with tert-alkyl or cyclic N) is 1. The lowest BCUT2D eigenvalue weighted by Gasteiger charge is -2.23. The third kappa shape index (κ3) is 4.61. The van der Waals surface area contributed by atoms with Gasteiger partial charge < -0.3 is 19.9 Å². The summed E-state index contributed by atoms with van der Waals surface area (Å²) < 4.78 is 11.7. The predicted octanol–water partition coefficient (Wildman–Crippen LogP) is 2.53. The molecule has 1 aliphatic heterocycles. The van der Waals surface area contributed by atoms with Gasteiger partial charge in [0.2, 0.25) is 0 Å². The van der Waals surface area contributed by atoms with Crippen LogP contribution in [0.5, 0.6) is 11.5 Å². The molecule has 1 aliphatic rings. The number of hydrogen-bond donors (Lipinski definition) is 2. The monoisotopic (exact) mass is 293 g/mol. The summed E-state index contributed by atoms with van der Waals surface area (Å²) in [6.45, 7) is 11.1. The Morgan fingerprint density at radius 1 is 1.38 bits per heavy atom. The molecule has 0 saturated carbocycles. The predicted molar refractivity (Wildman–Crippen MR) is 84.1 cm³/mol. The molecule has 4 nitrogen and oxygen atoms in total. The van der Waals surface area contributed by atoms with Gasteiger partial charge in [-0.15, -0.1) is 0 Å². The van der Waals surface area contributed by atoms with Crippen LogP contribution in [0.25, 0.3) is 0 Å². The topological polar surface area (TPSA) is 50.7 Å². The molecule has 2 rings (SSSR count). The summed E-state index contributed by atoms with van der Waals surface area (Å²) in [6.07, 6.45) is 0.336. The summed E-state index contributed by atoms with van der Waals surface area (Å²) in [7, 11) is 0. The lowest BCUT2D eigenvalue weighted by atomic mass is 10.0. The smallest absolute Gasteiger partial charge is 0.165 e. The largest absolute Gasteiger partial charge is 0.487 e. The molecular weight excluding hydrogens is 266 g/mol. The number of para-hydroxylation sites is 1. The van der Waals surface area contributed by atoms with E-state index in [1.807, 2.05) is 12.1 Å². The van der Waals surface area contributed by atoms with Crippen LogP contribution in [0.4, 0.5) is 0 Å². The molecule has 0 spiro atoms. The highest BCUT2D eigenvalue weighted by molar-refractivity contribution is 5.50. The van der Waals surface area contributed by atoms with E-state index < -0.39 is 6.10 Å². The van der Waals surface area contributed by atoms with Crippen molar-refractivity contribution in [2.75, 3.05) is 13.2 Å². The third-order valence-corrected chi connectivity index (χ3v) is 3.35. The maximum Gasteiger partial charge on any atom is 0.165 e. The summed E-state index contributed by atoms with van der Waals surface area (Å²) in [5.74, 6) is 1.53. The van der Waals surface area contributed by atoms with Gasteiger partial charge in [-0.1, -0.05) is 12.1 Å². The molecule has 0 saturated heterocycles. The summed E-state index contributed by atoms with van der Waals surface area (Å²) in [6, 6.07) is 5.93. The Balaban J connectivity index is 1.92. The number of benzene rings is 1. The van der Waals surface area contributed by atoms with E-state index in [-0.39, 0.29) is 17.7 Å². The van der Waals surface area contributed by atoms with Gasteiger partial charge in [-0.25, -0.2) is 0 Å². The Hall–Kier alpha value is -1.26. The fourth-order valence-electron chi connectivity index (χ4n) is 2.37. The van der Waals surface area contributed by atoms with E-state index in [0.717, 1.165) is 12.2 Å². The second-order valence-corrected chi connectivity index (χ2v) is 7.38. The van der Waals surface area contributed by atoms with Gasteiger partial charge >= 0.3 is 0 Å². The molecule has 0 amide bonds. The summed E-state index contributed by atoms with van der Waals surface area (Å²) in [5, 5.41) is 13.3. The minimum Gasteiger partial charge on any atom is -0.487 e. The van der Waals surface area contributed by atoms with E-state index in [1.165, 1.54) is 5.56 Å². The maximum atomic E-state index is 10.00. The van der Waals surface area contributed by atoms with E-state index in [9.17, 15) is 5.11 Å². The van der Waals surface area contributed by atoms with Crippen LogP contribution in [0.3, 0.4) is 0 Å². The number of rotatable bonds is 5. The zero-order valence-corrected chi connectivity index (χ0v) is 13.7. The molecule has 0 bridgehead atoms. The van der Waals surface area contributed by atoms with Crippen LogP contribution in [0.2, 0.25) is 0 Å². The van der Waals surface area contributed by atoms with E-state index >= 15 is 0 Å². The first-order valence-electron chi connectivity index (χ1n) is 7.53. The number of fused-ring (bicyclic) bond motifs is 1. The van der Waals surface area contributed by atoms with Gasteiger partial charge in [-0.3, -0.25) is 0 Å². The highest BCUT2D eigenvalue weighted by atomic mass is 16.5. The highest BCUT2D eigenvalue weighted by Crippen LogP contribution is 2.41. The molecule has 1 aromatic rings. The fraction of sp³-hybridized carbons (Fsp3) is 0.647. The van der Waals surface area contributed by atoms with Crippen molar-refractivity contribution in [3.63, 3.8) is 0 Å². The molecule has 0 radical (unpaired) electrons. The summed E-state index contributed by atoms with van der Waals surface area (Å²) in [4.78, 5) is 0. The quantitative estimate of drug-likeness (QED) is 0.876. The minimum absolute atomic E-state index is 0.0118. The second-order valence-electron chi connectivity index (χ2n) is 7.38. The average Bonchev–Trinajstić information content (AvgIpc) is 2.67. The van der Waals surface area contributed by atoms with Crippen molar-refractivity contribution < 1.29 is 14.6 Å². The highest BCUT2D eigenvalue weighted by Gasteiger charge is 2.32. The van der Waals surface area contributed by atoms with Crippen molar-refractivity contribution in [3.05, 3.63) is 23.8 Å². The molecule has 0 fully saturated rings. The Bertz CT molecular complexity index is 491. The summed E-state index contributed by atoms with van der Waals surface area (Å²) >= 11 is 0. The first-order chi connectivity index (χ1) is 9.66. The van der Waals surface area contributed by atoms with E-state index in [2.05, 4.69) is 46.0 Å². The van der Waals surface area contributed by atoms with Gasteiger partial charge in [0.05, 0.1) is 0 Å². The van der Waals surface area contributed by atoms with Gasteiger partial charge in [0.1, 0.15) is 18.3 Å². The number of nitrogens with one attached hydrogen (secondary N) is 1. The van der Waals surface area contributed by atoms with Crippen LogP contribution in [-0.4, -0.2) is 35.5 Å². The number of ether oxygens (including phenoxy) is 2. The molecule has 2 N–H and O–H groups in total. The average molecular weight is 293 g/mol. The lowest BCUT2D eigenvalue weighted by Crippen LogP contribution is -2.42. The molecule has 4 heteroatoms. The van der Waals surface area contributed by atoms with Crippen molar-refractivity contribution in [1.29, 1.82) is 0 Å². The first-order valence-corrected chi connectivity index (χ1v) is 7.53. The zero-order valence-electron chi connectivity index (χ0n) is 13.7. The van der Waals surface area contributed by atoms with E-state index in [1.54, 1.807) is 0 Å². The number of hydrogen-bond acceptors (Lipinski definition) is 4. The van der Waals surface area contributed by atoms with Crippen molar-refractivity contribution in [1.82, 2.24) is 5.32 Å². The van der Waals surface area contributed by atoms with E-state index in [0.29, 0.717) is 12.3 Å². The van der Waals surface area contributed by atoms with Crippen molar-refractivity contribution in [2.45, 2.75) is 58.3 Å². The third-order valence-electron chi connectivity index (χ3n) is 3.35. The van der Waals surface area contributed by atoms with Gasteiger partial charge in [-0.2, -0.15) is 0 Å². The number of aliphatic hydroxyl groups excluding tert-OH is 1. The Labute approximate surface area is 127 Å². The molecule has 1 aromatic carbocycles. The molecule has 21 heavy (non-hydrogen) atoms. The van der Waals surface area contributed by atoms with Gasteiger partial charge in [0, 0.05) is 24.1 Å². The first kappa shape index (κ1) is 16.1. The Morgan fingerprint density at radius 2 is 2.10 bits per heavy atom. The van der Waals surface area contributed by atoms with Crippen molar-refractivity contribution >= 4 is 0 Å². The van der Waals surface area contributed by atoms with Crippen LogP contribution in [0, 0.1) is 0 Å². The summed E-state index contributed by atoms with van der Waals surface area (Å²) in [5.41, 5.74) is 0.968. The van der Waals surface area contributed by atoms with Crippen LogP contribution in [-0.2, 0) is 6.42 Å². The van der Waals surface area contributed by atoms with Crippen LogP contribution < -0.4 is 14.8 Å². The van der Waals surface area contributed by atoms with E-state index in [4.69, 9.17) is 9.47 Å². The van der Waals surface area contributed by atoms with Crippen LogP contribution in [0.1, 0.15) is 40.2 Å². The molecule has 1 unspecified atom stereocenters. The molecular formula is C17H27NO3. The molecule has 1 atom stereocenters. The molecule has 1 heterocycles. The van der Waals surface area contributed by atoms with Crippen LogP contribution >= 0.6 is 0 Å². The molecule has 0 aliphatic carbocycles. The van der Waals surface area contributed by atoms with Crippen LogP contribution in [0.15, 0.2) is 18.2 Å². The maximum absolute atomic E-state index is 10.00. The Kier molecular flexibility index (Phi) is 4.49. The minimum atomic E-state index is -0.547. The standard InChI is InChI=1S/C17H27NO3/c1-16(2,3)18-10-13(19)11-20-14-8-6-7-12-9-17(4,5)21-15(12)14/h6-8,13,18-19H,9-11H2,1-5H3. The second kappa shape index (κ2) is 5.85. The van der Waals surface area contributed by atoms with Gasteiger partial charge in [0.25, 0.3) is 0 Å². The van der Waals surface area contributed by atoms with Crippen molar-refractivity contribution in [3.8, 4) is 11.5 Å². The normalized spacial score (nSPS) is 18.0. The van der Waals surface area contributed by atoms with Gasteiger partial charge in [0.15, 0.2) is 11.5 Å². The molecule has 118 valence electrons. The Morgan fingerprint density at radius 3 is 2.76 bits per heavy atom. The number of aliphatic hydroxyl groups is 1. The van der Waals surface area contributed by atoms with Crippen molar-refractivity contribution in [2.24, 2.45) is 0 Å². The lowest BCUT2D eigenvalue weighted by molar-refractivity contribution is 0.0925. The SMILES string of the molecule is CC(C)(C)NCC(O)COc1cccc2c1OC(C)(C)C2. The zero-order chi connectivity index (χ0) is 15.7. The molecule has 0 aromatic heterocycles.